The summed E-state index contributed by atoms with van der Waals surface area (Å²) in [6.45, 7) is 5.75. The molecule has 12 heteroatoms. The second-order valence-corrected chi connectivity index (χ2v) is 12.5. The molecule has 216 valence electrons. The van der Waals surface area contributed by atoms with Crippen LogP contribution in [0.15, 0.2) is 12.3 Å². The number of benzene rings is 1. The Hall–Kier alpha value is -3.59. The zero-order valence-corrected chi connectivity index (χ0v) is 24.0. The van der Waals surface area contributed by atoms with Crippen molar-refractivity contribution in [1.82, 2.24) is 30.0 Å². The number of hydrogen-bond acceptors (Lipinski definition) is 9. The van der Waals surface area contributed by atoms with Gasteiger partial charge >= 0.3 is 6.01 Å². The molecule has 0 aliphatic carbocycles. The van der Waals surface area contributed by atoms with Gasteiger partial charge in [-0.2, -0.15) is 20.3 Å². The molecular weight excluding hydrogens is 559 g/mol. The fraction of sp³-hybridized carbons (Fsp3) is 0.500. The third kappa shape index (κ3) is 3.96. The van der Waals surface area contributed by atoms with Crippen LogP contribution in [0.1, 0.15) is 49.8 Å². The molecule has 4 aromatic rings. The standard InChI is InChI=1S/C30H30ClFN8O2/c1-16-20(31)10-21-24(22(11-33)38-37-21)23(16)27-25(32)26-19(12-34-27)28(39-13-17-4-5-18(14-39)42-17)36-29(35-26)41-15-30-6-2-8-40(30)9-3-7-30/h10,12,17-18H,2-9,13-15H2,1H3,(H,37,38). The molecule has 4 fully saturated rings. The Morgan fingerprint density at radius 3 is 2.71 bits per heavy atom. The van der Waals surface area contributed by atoms with Crippen molar-refractivity contribution in [1.29, 1.82) is 5.26 Å². The molecule has 4 saturated heterocycles. The second kappa shape index (κ2) is 9.73. The van der Waals surface area contributed by atoms with Crippen molar-refractivity contribution < 1.29 is 13.9 Å². The summed E-state index contributed by atoms with van der Waals surface area (Å²) in [7, 11) is 0. The van der Waals surface area contributed by atoms with Crippen LogP contribution in [0.3, 0.4) is 0 Å². The molecular formula is C30H30ClFN8O2. The molecule has 0 amide bonds. The van der Waals surface area contributed by atoms with Crippen molar-refractivity contribution >= 4 is 39.2 Å². The number of halogens is 2. The summed E-state index contributed by atoms with van der Waals surface area (Å²) in [4.78, 5) is 18.8. The van der Waals surface area contributed by atoms with Crippen LogP contribution in [0.4, 0.5) is 10.2 Å². The van der Waals surface area contributed by atoms with E-state index in [0.29, 0.717) is 58.0 Å². The summed E-state index contributed by atoms with van der Waals surface area (Å²) in [5.74, 6) is -0.00940. The number of nitrogens with zero attached hydrogens (tertiary/aromatic N) is 7. The fourth-order valence-corrected chi connectivity index (χ4v) is 7.78. The first-order valence-corrected chi connectivity index (χ1v) is 15.0. The van der Waals surface area contributed by atoms with Gasteiger partial charge in [0, 0.05) is 35.3 Å². The number of rotatable bonds is 5. The van der Waals surface area contributed by atoms with Crippen molar-refractivity contribution in [2.24, 2.45) is 0 Å². The highest BCUT2D eigenvalue weighted by Crippen LogP contribution is 2.42. The number of fused-ring (bicyclic) bond motifs is 5. The summed E-state index contributed by atoms with van der Waals surface area (Å²) in [5.41, 5.74) is 1.88. The normalized spacial score (nSPS) is 23.1. The van der Waals surface area contributed by atoms with Crippen LogP contribution < -0.4 is 9.64 Å². The Bertz CT molecular complexity index is 1770. The molecule has 10 nitrogen and oxygen atoms in total. The van der Waals surface area contributed by atoms with Gasteiger partial charge in [-0.25, -0.2) is 4.39 Å². The molecule has 4 aliphatic rings. The van der Waals surface area contributed by atoms with E-state index in [1.807, 2.05) is 0 Å². The summed E-state index contributed by atoms with van der Waals surface area (Å²) >= 11 is 6.55. The molecule has 7 heterocycles. The highest BCUT2D eigenvalue weighted by atomic mass is 35.5. The number of nitrogens with one attached hydrogen (secondary N) is 1. The van der Waals surface area contributed by atoms with E-state index in [1.54, 1.807) is 19.2 Å². The van der Waals surface area contributed by atoms with E-state index in [9.17, 15) is 5.26 Å². The average Bonchev–Trinajstić information content (AvgIpc) is 3.76. The summed E-state index contributed by atoms with van der Waals surface area (Å²) in [6.07, 6.45) is 8.32. The lowest BCUT2D eigenvalue weighted by molar-refractivity contribution is 0.0302. The first kappa shape index (κ1) is 26.1. The van der Waals surface area contributed by atoms with Crippen molar-refractivity contribution in [3.8, 4) is 23.3 Å². The minimum Gasteiger partial charge on any atom is -0.461 e. The lowest BCUT2D eigenvalue weighted by atomic mass is 9.95. The molecule has 1 aromatic carbocycles. The quantitative estimate of drug-likeness (QED) is 0.347. The fourth-order valence-electron chi connectivity index (χ4n) is 7.58. The molecule has 1 N–H and O–H groups in total. The smallest absolute Gasteiger partial charge is 0.319 e. The van der Waals surface area contributed by atoms with Gasteiger partial charge in [0.2, 0.25) is 0 Å². The van der Waals surface area contributed by atoms with Crippen molar-refractivity contribution in [2.45, 2.75) is 63.2 Å². The predicted octanol–water partition coefficient (Wildman–Crippen LogP) is 4.92. The molecule has 4 aliphatic heterocycles. The van der Waals surface area contributed by atoms with Crippen LogP contribution >= 0.6 is 11.6 Å². The molecule has 8 rings (SSSR count). The van der Waals surface area contributed by atoms with E-state index in [1.165, 1.54) is 0 Å². The lowest BCUT2D eigenvalue weighted by Gasteiger charge is -2.34. The molecule has 42 heavy (non-hydrogen) atoms. The van der Waals surface area contributed by atoms with Gasteiger partial charge in [0.1, 0.15) is 29.7 Å². The van der Waals surface area contributed by atoms with Crippen LogP contribution in [0.5, 0.6) is 6.01 Å². The van der Waals surface area contributed by atoms with E-state index in [4.69, 9.17) is 26.1 Å². The van der Waals surface area contributed by atoms with Gasteiger partial charge in [0.25, 0.3) is 0 Å². The number of ether oxygens (including phenoxy) is 2. The SMILES string of the molecule is Cc1c(Cl)cc2[nH]nc(C#N)c2c1-c1ncc2c(N3CC4CCC(C3)O4)nc(OCC34CCCN3CCC4)nc2c1F. The topological polar surface area (TPSA) is 116 Å². The molecule has 3 aromatic heterocycles. The van der Waals surface area contributed by atoms with Crippen LogP contribution in [-0.2, 0) is 4.74 Å². The van der Waals surface area contributed by atoms with Crippen LogP contribution in [0.2, 0.25) is 5.02 Å². The maximum absolute atomic E-state index is 16.8. The zero-order valence-electron chi connectivity index (χ0n) is 23.3. The van der Waals surface area contributed by atoms with Crippen molar-refractivity contribution in [2.75, 3.05) is 37.7 Å². The van der Waals surface area contributed by atoms with E-state index in [0.717, 1.165) is 51.6 Å². The van der Waals surface area contributed by atoms with E-state index in [2.05, 4.69) is 36.0 Å². The molecule has 0 spiro atoms. The van der Waals surface area contributed by atoms with Gasteiger partial charge in [-0.1, -0.05) is 11.6 Å². The lowest BCUT2D eigenvalue weighted by Crippen LogP contribution is -2.44. The Balaban J connectivity index is 1.28. The number of H-pyrrole nitrogens is 1. The Morgan fingerprint density at radius 1 is 1.21 bits per heavy atom. The average molecular weight is 589 g/mol. The van der Waals surface area contributed by atoms with E-state index in [-0.39, 0.29) is 40.7 Å². The Morgan fingerprint density at radius 2 is 1.98 bits per heavy atom. The number of aromatic amines is 1. The van der Waals surface area contributed by atoms with Gasteiger partial charge in [-0.05, 0) is 70.2 Å². The number of nitriles is 1. The zero-order chi connectivity index (χ0) is 28.6. The van der Waals surface area contributed by atoms with Gasteiger partial charge in [0.15, 0.2) is 11.5 Å². The van der Waals surface area contributed by atoms with E-state index < -0.39 is 5.82 Å². The number of hydrogen-bond donors (Lipinski definition) is 1. The van der Waals surface area contributed by atoms with Crippen molar-refractivity contribution in [3.05, 3.63) is 34.4 Å². The van der Waals surface area contributed by atoms with Gasteiger partial charge in [-0.15, -0.1) is 0 Å². The third-order valence-corrected chi connectivity index (χ3v) is 10.1. The minimum atomic E-state index is -0.615. The van der Waals surface area contributed by atoms with Crippen LogP contribution in [0, 0.1) is 24.1 Å². The summed E-state index contributed by atoms with van der Waals surface area (Å²) in [5, 5.41) is 18.1. The molecule has 2 atom stereocenters. The molecule has 0 radical (unpaired) electrons. The first-order chi connectivity index (χ1) is 20.4. The number of morpholine rings is 1. The van der Waals surface area contributed by atoms with Crippen LogP contribution in [0.25, 0.3) is 33.1 Å². The summed E-state index contributed by atoms with van der Waals surface area (Å²) < 4.78 is 29.2. The van der Waals surface area contributed by atoms with Gasteiger partial charge < -0.3 is 14.4 Å². The molecule has 2 unspecified atom stereocenters. The van der Waals surface area contributed by atoms with E-state index >= 15 is 4.39 Å². The highest BCUT2D eigenvalue weighted by molar-refractivity contribution is 6.33. The summed E-state index contributed by atoms with van der Waals surface area (Å²) in [6, 6.07) is 3.95. The number of pyridine rings is 1. The predicted molar refractivity (Wildman–Crippen MR) is 155 cm³/mol. The van der Waals surface area contributed by atoms with Gasteiger partial charge in [-0.3, -0.25) is 15.0 Å². The Labute approximate surface area is 246 Å². The van der Waals surface area contributed by atoms with Crippen molar-refractivity contribution in [3.63, 3.8) is 0 Å². The largest absolute Gasteiger partial charge is 0.461 e. The second-order valence-electron chi connectivity index (χ2n) is 12.0. The monoisotopic (exact) mass is 588 g/mol. The molecule has 0 saturated carbocycles. The third-order valence-electron chi connectivity index (χ3n) is 9.66. The minimum absolute atomic E-state index is 0.00299. The number of aromatic nitrogens is 5. The maximum Gasteiger partial charge on any atom is 0.319 e. The first-order valence-electron chi connectivity index (χ1n) is 14.7. The number of anilines is 1. The van der Waals surface area contributed by atoms with Crippen LogP contribution in [-0.4, -0.2) is 80.6 Å². The maximum atomic E-state index is 16.8. The van der Waals surface area contributed by atoms with Gasteiger partial charge in [0.05, 0.1) is 28.6 Å². The highest BCUT2D eigenvalue weighted by Gasteiger charge is 2.45. The Kier molecular flexibility index (Phi) is 6.04. The molecule has 2 bridgehead atoms.